The van der Waals surface area contributed by atoms with Gasteiger partial charge in [-0.05, 0) is 0 Å². The van der Waals surface area contributed by atoms with Crippen molar-refractivity contribution < 1.29 is 4.79 Å². The maximum atomic E-state index is 11.0. The van der Waals surface area contributed by atoms with Crippen molar-refractivity contribution in [2.45, 2.75) is 12.5 Å². The molecule has 1 saturated heterocycles. The van der Waals surface area contributed by atoms with Gasteiger partial charge in [-0.15, -0.1) is 24.8 Å². The first-order valence-corrected chi connectivity index (χ1v) is 3.47. The van der Waals surface area contributed by atoms with E-state index in [1.165, 1.54) is 0 Å². The van der Waals surface area contributed by atoms with Crippen LogP contribution in [0, 0.1) is 0 Å². The summed E-state index contributed by atoms with van der Waals surface area (Å²) in [5.74, 6) is 0.129. The van der Waals surface area contributed by atoms with E-state index in [4.69, 9.17) is 11.5 Å². The van der Waals surface area contributed by atoms with Gasteiger partial charge in [0.05, 0.1) is 0 Å². The van der Waals surface area contributed by atoms with Crippen molar-refractivity contribution in [3.05, 3.63) is 0 Å². The fourth-order valence-corrected chi connectivity index (χ4v) is 0.998. The Kier molecular flexibility index (Phi) is 7.83. The highest BCUT2D eigenvalue weighted by atomic mass is 35.5. The Morgan fingerprint density at radius 1 is 1.42 bits per heavy atom. The van der Waals surface area contributed by atoms with Crippen LogP contribution in [0.5, 0.6) is 0 Å². The van der Waals surface area contributed by atoms with Crippen LogP contribution < -0.4 is 11.5 Å². The molecule has 1 aliphatic rings. The highest BCUT2D eigenvalue weighted by Crippen LogP contribution is 2.05. The maximum Gasteiger partial charge on any atom is 0.223 e. The highest BCUT2D eigenvalue weighted by molar-refractivity contribution is 5.85. The minimum atomic E-state index is 0. The Balaban J connectivity index is 0. The molecule has 12 heavy (non-hydrogen) atoms. The van der Waals surface area contributed by atoms with Gasteiger partial charge in [-0.3, -0.25) is 4.79 Å². The third-order valence-electron chi connectivity index (χ3n) is 1.62. The monoisotopic (exact) mass is 215 g/mol. The molecule has 1 heterocycles. The van der Waals surface area contributed by atoms with Crippen molar-refractivity contribution >= 4 is 30.7 Å². The molecular weight excluding hydrogens is 201 g/mol. The molecule has 4 nitrogen and oxygen atoms in total. The Labute approximate surface area is 84.5 Å². The summed E-state index contributed by atoms with van der Waals surface area (Å²) < 4.78 is 0. The molecule has 1 rings (SSSR count). The second kappa shape index (κ2) is 6.48. The molecule has 0 bridgehead atoms. The van der Waals surface area contributed by atoms with Gasteiger partial charge in [0.1, 0.15) is 0 Å². The van der Waals surface area contributed by atoms with E-state index >= 15 is 0 Å². The number of nitrogens with zero attached hydrogens (tertiary/aromatic N) is 1. The largest absolute Gasteiger partial charge is 0.339 e. The molecule has 0 radical (unpaired) electrons. The minimum absolute atomic E-state index is 0. The van der Waals surface area contributed by atoms with Gasteiger partial charge in [0.2, 0.25) is 5.91 Å². The Bertz CT molecular complexity index is 139. The summed E-state index contributed by atoms with van der Waals surface area (Å²) in [5.41, 5.74) is 10.7. The van der Waals surface area contributed by atoms with Crippen LogP contribution >= 0.6 is 24.8 Å². The molecule has 0 aliphatic carbocycles. The third kappa shape index (κ3) is 3.58. The van der Waals surface area contributed by atoms with Gasteiger partial charge in [0, 0.05) is 32.1 Å². The van der Waals surface area contributed by atoms with E-state index in [2.05, 4.69) is 0 Å². The van der Waals surface area contributed by atoms with Gasteiger partial charge in [-0.1, -0.05) is 0 Å². The number of nitrogens with two attached hydrogens (primary N) is 2. The number of likely N-dealkylation sites (tertiary alicyclic amines) is 1. The molecule has 1 amide bonds. The van der Waals surface area contributed by atoms with E-state index in [9.17, 15) is 4.79 Å². The lowest BCUT2D eigenvalue weighted by Gasteiger charge is -2.36. The summed E-state index contributed by atoms with van der Waals surface area (Å²) in [6.07, 6.45) is 0.451. The SMILES string of the molecule is Cl.Cl.NCCC(=O)N1CC(N)C1. The van der Waals surface area contributed by atoms with Gasteiger partial charge in [-0.2, -0.15) is 0 Å². The van der Waals surface area contributed by atoms with Crippen LogP contribution in [-0.4, -0.2) is 36.5 Å². The van der Waals surface area contributed by atoms with Gasteiger partial charge in [0.25, 0.3) is 0 Å². The van der Waals surface area contributed by atoms with Gasteiger partial charge < -0.3 is 16.4 Å². The standard InChI is InChI=1S/C6H13N3O.2ClH/c7-2-1-6(10)9-3-5(8)4-9;;/h5H,1-4,7-8H2;2*1H. The number of hydrogen-bond acceptors (Lipinski definition) is 3. The van der Waals surface area contributed by atoms with Crippen LogP contribution in [-0.2, 0) is 4.79 Å². The topological polar surface area (TPSA) is 72.4 Å². The lowest BCUT2D eigenvalue weighted by Crippen LogP contribution is -2.58. The van der Waals surface area contributed by atoms with Crippen molar-refractivity contribution in [2.24, 2.45) is 11.5 Å². The maximum absolute atomic E-state index is 11.0. The molecule has 1 fully saturated rings. The molecule has 0 aromatic heterocycles. The zero-order valence-corrected chi connectivity index (χ0v) is 8.37. The normalized spacial score (nSPS) is 15.7. The fraction of sp³-hybridized carbons (Fsp3) is 0.833. The number of carbonyl (C=O) groups excluding carboxylic acids is 1. The molecule has 0 aromatic carbocycles. The van der Waals surface area contributed by atoms with E-state index in [1.54, 1.807) is 4.90 Å². The molecule has 6 heteroatoms. The number of amides is 1. The van der Waals surface area contributed by atoms with Crippen LogP contribution in [0.2, 0.25) is 0 Å². The van der Waals surface area contributed by atoms with Crippen LogP contribution in [0.1, 0.15) is 6.42 Å². The summed E-state index contributed by atoms with van der Waals surface area (Å²) in [5, 5.41) is 0. The lowest BCUT2D eigenvalue weighted by atomic mass is 10.1. The Morgan fingerprint density at radius 2 is 1.92 bits per heavy atom. The van der Waals surface area contributed by atoms with Gasteiger partial charge in [-0.25, -0.2) is 0 Å². The van der Waals surface area contributed by atoms with E-state index in [0.717, 1.165) is 0 Å². The van der Waals surface area contributed by atoms with Crippen molar-refractivity contribution in [1.82, 2.24) is 4.90 Å². The first-order valence-electron chi connectivity index (χ1n) is 3.47. The van der Waals surface area contributed by atoms with E-state index in [-0.39, 0.29) is 36.8 Å². The van der Waals surface area contributed by atoms with E-state index in [0.29, 0.717) is 26.1 Å². The van der Waals surface area contributed by atoms with Gasteiger partial charge >= 0.3 is 0 Å². The smallest absolute Gasteiger partial charge is 0.223 e. The molecule has 74 valence electrons. The van der Waals surface area contributed by atoms with Crippen molar-refractivity contribution in [1.29, 1.82) is 0 Å². The lowest BCUT2D eigenvalue weighted by molar-refractivity contribution is -0.135. The second-order valence-corrected chi connectivity index (χ2v) is 2.60. The molecule has 0 saturated carbocycles. The fourth-order valence-electron chi connectivity index (χ4n) is 0.998. The third-order valence-corrected chi connectivity index (χ3v) is 1.62. The van der Waals surface area contributed by atoms with Crippen LogP contribution in [0.4, 0.5) is 0 Å². The quantitative estimate of drug-likeness (QED) is 0.644. The van der Waals surface area contributed by atoms with E-state index < -0.39 is 0 Å². The molecule has 4 N–H and O–H groups in total. The predicted octanol–water partition coefficient (Wildman–Crippen LogP) is -0.652. The molecule has 0 atom stereocenters. The van der Waals surface area contributed by atoms with Crippen LogP contribution in [0.3, 0.4) is 0 Å². The summed E-state index contributed by atoms with van der Waals surface area (Å²) >= 11 is 0. The Morgan fingerprint density at radius 3 is 2.25 bits per heavy atom. The number of carbonyl (C=O) groups is 1. The number of rotatable bonds is 2. The number of hydrogen-bond donors (Lipinski definition) is 2. The zero-order chi connectivity index (χ0) is 7.56. The first kappa shape index (κ1) is 14.5. The second-order valence-electron chi connectivity index (χ2n) is 2.60. The minimum Gasteiger partial charge on any atom is -0.339 e. The van der Waals surface area contributed by atoms with Crippen LogP contribution in [0.15, 0.2) is 0 Å². The number of halogens is 2. The molecule has 0 unspecified atom stereocenters. The summed E-state index contributed by atoms with van der Waals surface area (Å²) in [7, 11) is 0. The average Bonchev–Trinajstić information content (AvgIpc) is 1.82. The highest BCUT2D eigenvalue weighted by Gasteiger charge is 2.26. The summed E-state index contributed by atoms with van der Waals surface area (Å²) in [6.45, 7) is 1.85. The van der Waals surface area contributed by atoms with Crippen molar-refractivity contribution in [3.8, 4) is 0 Å². The molecule has 0 spiro atoms. The predicted molar refractivity (Wildman–Crippen MR) is 52.7 cm³/mol. The van der Waals surface area contributed by atoms with Crippen molar-refractivity contribution in [3.63, 3.8) is 0 Å². The van der Waals surface area contributed by atoms with Gasteiger partial charge in [0.15, 0.2) is 0 Å². The summed E-state index contributed by atoms with van der Waals surface area (Å²) in [4.78, 5) is 12.7. The zero-order valence-electron chi connectivity index (χ0n) is 6.73. The van der Waals surface area contributed by atoms with Crippen LogP contribution in [0.25, 0.3) is 0 Å². The first-order chi connectivity index (χ1) is 4.74. The Hall–Kier alpha value is -0.0300. The molecule has 1 aliphatic heterocycles. The van der Waals surface area contributed by atoms with E-state index in [1.807, 2.05) is 0 Å². The molecular formula is C6H15Cl2N3O. The summed E-state index contributed by atoms with van der Waals surface area (Å²) in [6, 6.07) is 0.196. The van der Waals surface area contributed by atoms with Crippen molar-refractivity contribution in [2.75, 3.05) is 19.6 Å². The average molecular weight is 216 g/mol. The molecule has 0 aromatic rings.